The lowest BCUT2D eigenvalue weighted by Crippen LogP contribution is -2.44. The van der Waals surface area contributed by atoms with Crippen LogP contribution in [-0.4, -0.2) is 37.0 Å². The second kappa shape index (κ2) is 8.66. The highest BCUT2D eigenvalue weighted by Crippen LogP contribution is 2.33. The van der Waals surface area contributed by atoms with Crippen molar-refractivity contribution in [2.45, 2.75) is 6.92 Å². The normalized spacial score (nSPS) is 16.0. The Kier molecular flexibility index (Phi) is 6.23. The summed E-state index contributed by atoms with van der Waals surface area (Å²) >= 11 is 12.1. The number of rotatable bonds is 5. The Hall–Kier alpha value is -2.85. The van der Waals surface area contributed by atoms with Crippen molar-refractivity contribution in [2.24, 2.45) is 0 Å². The summed E-state index contributed by atoms with van der Waals surface area (Å²) in [6.07, 6.45) is 1.51. The first-order valence-corrected chi connectivity index (χ1v) is 9.36. The summed E-state index contributed by atoms with van der Waals surface area (Å²) < 4.78 is 10.8. The van der Waals surface area contributed by atoms with E-state index in [1.807, 2.05) is 6.07 Å². The first-order chi connectivity index (χ1) is 13.9. The van der Waals surface area contributed by atoms with Crippen LogP contribution in [0.15, 0.2) is 51.5 Å². The zero-order chi connectivity index (χ0) is 21.1. The topological polar surface area (TPSA) is 83.5 Å². The SMILES string of the molecule is COCCN1C(=O)C(C#N)=C(C)/C(=C\c2ccc(-c3ccc(Cl)cc3Cl)o2)C1=O. The van der Waals surface area contributed by atoms with Crippen molar-refractivity contribution >= 4 is 41.1 Å². The Morgan fingerprint density at radius 2 is 1.97 bits per heavy atom. The lowest BCUT2D eigenvalue weighted by atomic mass is 9.95. The van der Waals surface area contributed by atoms with Crippen molar-refractivity contribution < 1.29 is 18.7 Å². The van der Waals surface area contributed by atoms with Gasteiger partial charge in [-0.15, -0.1) is 0 Å². The lowest BCUT2D eigenvalue weighted by Gasteiger charge is -2.26. The molecule has 0 bridgehead atoms. The third-order valence-corrected chi connectivity index (χ3v) is 5.00. The van der Waals surface area contributed by atoms with Gasteiger partial charge < -0.3 is 9.15 Å². The Labute approximate surface area is 177 Å². The van der Waals surface area contributed by atoms with Crippen molar-refractivity contribution in [3.8, 4) is 17.4 Å². The molecule has 0 atom stereocenters. The highest BCUT2D eigenvalue weighted by Gasteiger charge is 2.35. The monoisotopic (exact) mass is 430 g/mol. The Balaban J connectivity index is 2.01. The van der Waals surface area contributed by atoms with E-state index in [1.54, 1.807) is 37.3 Å². The largest absolute Gasteiger partial charge is 0.457 e. The number of ether oxygens (including phenoxy) is 1. The summed E-state index contributed by atoms with van der Waals surface area (Å²) in [6, 6.07) is 10.3. The predicted molar refractivity (Wildman–Crippen MR) is 109 cm³/mol. The Bertz CT molecular complexity index is 1090. The third-order valence-electron chi connectivity index (χ3n) is 4.45. The number of nitriles is 1. The number of furan rings is 1. The van der Waals surface area contributed by atoms with Crippen LogP contribution in [0.2, 0.25) is 10.0 Å². The van der Waals surface area contributed by atoms with Gasteiger partial charge in [-0.25, -0.2) is 0 Å². The van der Waals surface area contributed by atoms with Crippen LogP contribution in [0, 0.1) is 11.3 Å². The summed E-state index contributed by atoms with van der Waals surface area (Å²) in [7, 11) is 1.47. The zero-order valence-corrected chi connectivity index (χ0v) is 17.2. The van der Waals surface area contributed by atoms with Gasteiger partial charge >= 0.3 is 0 Å². The number of amides is 2. The number of methoxy groups -OCH3 is 1. The van der Waals surface area contributed by atoms with Gasteiger partial charge in [0.15, 0.2) is 0 Å². The van der Waals surface area contributed by atoms with E-state index >= 15 is 0 Å². The lowest BCUT2D eigenvalue weighted by molar-refractivity contribution is -0.141. The Morgan fingerprint density at radius 3 is 2.62 bits per heavy atom. The molecule has 29 heavy (non-hydrogen) atoms. The molecular formula is C21H16Cl2N2O4. The molecule has 1 aliphatic heterocycles. The molecule has 1 aliphatic rings. The molecule has 0 saturated heterocycles. The van der Waals surface area contributed by atoms with Crippen LogP contribution in [0.5, 0.6) is 0 Å². The van der Waals surface area contributed by atoms with Crippen LogP contribution >= 0.6 is 23.2 Å². The minimum absolute atomic E-state index is 0.0494. The maximum Gasteiger partial charge on any atom is 0.271 e. The summed E-state index contributed by atoms with van der Waals surface area (Å²) in [5.74, 6) is -0.258. The fourth-order valence-electron chi connectivity index (χ4n) is 2.92. The smallest absolute Gasteiger partial charge is 0.271 e. The first kappa shape index (κ1) is 20.9. The van der Waals surface area contributed by atoms with E-state index in [0.29, 0.717) is 32.7 Å². The van der Waals surface area contributed by atoms with Gasteiger partial charge in [0.05, 0.1) is 18.2 Å². The second-order valence-corrected chi connectivity index (χ2v) is 7.09. The van der Waals surface area contributed by atoms with E-state index in [9.17, 15) is 14.9 Å². The molecule has 148 valence electrons. The number of nitrogens with zero attached hydrogens (tertiary/aromatic N) is 2. The number of hydrogen-bond acceptors (Lipinski definition) is 5. The number of benzene rings is 1. The molecule has 6 nitrogen and oxygen atoms in total. The zero-order valence-electron chi connectivity index (χ0n) is 15.7. The quantitative estimate of drug-likeness (QED) is 0.515. The molecule has 0 radical (unpaired) electrons. The molecule has 1 aromatic carbocycles. The van der Waals surface area contributed by atoms with Crippen LogP contribution in [0.25, 0.3) is 17.4 Å². The van der Waals surface area contributed by atoms with Gasteiger partial charge in [0, 0.05) is 23.3 Å². The van der Waals surface area contributed by atoms with E-state index < -0.39 is 11.8 Å². The maximum absolute atomic E-state index is 12.8. The number of carbonyl (C=O) groups is 2. The van der Waals surface area contributed by atoms with Crippen molar-refractivity contribution in [2.75, 3.05) is 20.3 Å². The van der Waals surface area contributed by atoms with Crippen molar-refractivity contribution in [3.63, 3.8) is 0 Å². The van der Waals surface area contributed by atoms with E-state index in [4.69, 9.17) is 32.4 Å². The molecule has 0 spiro atoms. The molecule has 2 heterocycles. The fourth-order valence-corrected chi connectivity index (χ4v) is 3.42. The average Bonchev–Trinajstić information content (AvgIpc) is 3.14. The highest BCUT2D eigenvalue weighted by molar-refractivity contribution is 6.36. The average molecular weight is 431 g/mol. The van der Waals surface area contributed by atoms with Crippen LogP contribution in [0.4, 0.5) is 0 Å². The van der Waals surface area contributed by atoms with Gasteiger partial charge in [-0.2, -0.15) is 5.26 Å². The van der Waals surface area contributed by atoms with E-state index in [2.05, 4.69) is 0 Å². The number of imide groups is 1. The van der Waals surface area contributed by atoms with E-state index in [-0.39, 0.29) is 24.3 Å². The van der Waals surface area contributed by atoms with Crippen molar-refractivity contribution in [1.29, 1.82) is 5.26 Å². The number of carbonyl (C=O) groups excluding carboxylic acids is 2. The van der Waals surface area contributed by atoms with Gasteiger partial charge in [-0.3, -0.25) is 14.5 Å². The molecule has 8 heteroatoms. The first-order valence-electron chi connectivity index (χ1n) is 8.60. The molecule has 0 unspecified atom stereocenters. The van der Waals surface area contributed by atoms with Gasteiger partial charge in [-0.1, -0.05) is 23.2 Å². The van der Waals surface area contributed by atoms with Crippen molar-refractivity contribution in [1.82, 2.24) is 4.90 Å². The molecule has 2 amide bonds. The molecule has 2 aromatic rings. The minimum Gasteiger partial charge on any atom is -0.457 e. The summed E-state index contributed by atoms with van der Waals surface area (Å²) in [5.41, 5.74) is 1.08. The third kappa shape index (κ3) is 4.13. The van der Waals surface area contributed by atoms with Gasteiger partial charge in [0.2, 0.25) is 0 Å². The minimum atomic E-state index is -0.628. The molecule has 0 saturated carbocycles. The summed E-state index contributed by atoms with van der Waals surface area (Å²) in [4.78, 5) is 26.3. The second-order valence-electron chi connectivity index (χ2n) is 6.25. The molecule has 0 fully saturated rings. The number of halogens is 2. The van der Waals surface area contributed by atoms with Gasteiger partial charge in [0.25, 0.3) is 11.8 Å². The van der Waals surface area contributed by atoms with E-state index in [1.165, 1.54) is 13.2 Å². The molecule has 0 aliphatic carbocycles. The molecular weight excluding hydrogens is 415 g/mol. The predicted octanol–water partition coefficient (Wildman–Crippen LogP) is 4.49. The standard InChI is InChI=1S/C21H16Cl2N2O4/c1-12-16(20(26)25(7-8-28-2)21(27)17(12)11-24)10-14-4-6-19(29-14)15-5-3-13(22)9-18(15)23/h3-6,9-10H,7-8H2,1-2H3/b16-10+. The maximum atomic E-state index is 12.8. The van der Waals surface area contributed by atoms with E-state index in [0.717, 1.165) is 4.90 Å². The van der Waals surface area contributed by atoms with Crippen LogP contribution in [0.1, 0.15) is 12.7 Å². The van der Waals surface area contributed by atoms with Gasteiger partial charge in [-0.05, 0) is 48.9 Å². The fraction of sp³-hybridized carbons (Fsp3) is 0.190. The molecule has 1 aromatic heterocycles. The van der Waals surface area contributed by atoms with Crippen LogP contribution < -0.4 is 0 Å². The highest BCUT2D eigenvalue weighted by atomic mass is 35.5. The van der Waals surface area contributed by atoms with Crippen LogP contribution in [0.3, 0.4) is 0 Å². The van der Waals surface area contributed by atoms with Gasteiger partial charge in [0.1, 0.15) is 23.2 Å². The Morgan fingerprint density at radius 1 is 1.21 bits per heavy atom. The molecule has 3 rings (SSSR count). The summed E-state index contributed by atoms with van der Waals surface area (Å²) in [6.45, 7) is 1.78. The summed E-state index contributed by atoms with van der Waals surface area (Å²) in [5, 5.41) is 10.3. The van der Waals surface area contributed by atoms with Crippen LogP contribution in [-0.2, 0) is 14.3 Å². The molecule has 0 N–H and O–H groups in total. The van der Waals surface area contributed by atoms with Crippen molar-refractivity contribution in [3.05, 3.63) is 62.9 Å². The number of hydrogen-bond donors (Lipinski definition) is 0.